The minimum Gasteiger partial charge on any atom is -0.370 e. The number of hydrogen-bond acceptors (Lipinski definition) is 4. The molecule has 1 heterocycles. The molecule has 2 N–H and O–H groups in total. The molecule has 0 bridgehead atoms. The minimum atomic E-state index is -1.69. The second kappa shape index (κ2) is 7.63. The summed E-state index contributed by atoms with van der Waals surface area (Å²) in [5.41, 5.74) is 0.154. The molecule has 0 spiro atoms. The lowest BCUT2D eigenvalue weighted by atomic mass is 10.2. The Balaban J connectivity index is 2.11. The highest BCUT2D eigenvalue weighted by Crippen LogP contribution is 2.28. The van der Waals surface area contributed by atoms with Gasteiger partial charge >= 0.3 is 0 Å². The lowest BCUT2D eigenvalue weighted by molar-refractivity contribution is -0.934. The molecule has 2 rings (SSSR count). The van der Waals surface area contributed by atoms with E-state index in [1.54, 1.807) is 0 Å². The summed E-state index contributed by atoms with van der Waals surface area (Å²) >= 11 is 18.0. The monoisotopic (exact) mass is 382 g/mol. The number of nitrogens with zero attached hydrogens (tertiary/aromatic N) is 1. The number of carbonyl (C=O) groups excluding carboxylic acids is 1. The van der Waals surface area contributed by atoms with Crippen LogP contribution in [0.25, 0.3) is 0 Å². The van der Waals surface area contributed by atoms with Gasteiger partial charge < -0.3 is 9.64 Å². The van der Waals surface area contributed by atoms with Crippen LogP contribution in [-0.4, -0.2) is 47.1 Å². The van der Waals surface area contributed by atoms with E-state index in [1.807, 2.05) is 0 Å². The third-order valence-electron chi connectivity index (χ3n) is 3.49. The van der Waals surface area contributed by atoms with Gasteiger partial charge in [0.1, 0.15) is 13.1 Å². The highest BCUT2D eigenvalue weighted by atomic mass is 35.6. The number of nitro groups is 1. The quantitative estimate of drug-likeness (QED) is 0.460. The molecule has 1 saturated heterocycles. The van der Waals surface area contributed by atoms with Crippen molar-refractivity contribution in [3.63, 3.8) is 0 Å². The van der Waals surface area contributed by atoms with E-state index in [-0.39, 0.29) is 11.3 Å². The van der Waals surface area contributed by atoms with Gasteiger partial charge in [0.25, 0.3) is 15.4 Å². The highest BCUT2D eigenvalue weighted by Gasteiger charge is 2.42. The average molecular weight is 384 g/mol. The molecule has 0 aromatic heterocycles. The van der Waals surface area contributed by atoms with Gasteiger partial charge in [0, 0.05) is 17.7 Å². The Hall–Kier alpha value is -1.12. The van der Waals surface area contributed by atoms with Gasteiger partial charge in [-0.1, -0.05) is 34.8 Å². The molecule has 0 aliphatic carbocycles. The molecule has 1 aromatic carbocycles. The van der Waals surface area contributed by atoms with E-state index in [9.17, 15) is 14.9 Å². The average Bonchev–Trinajstić information content (AvgIpc) is 2.52. The molecule has 1 aliphatic rings. The number of benzene rings is 1. The first-order valence-electron chi connectivity index (χ1n) is 6.83. The predicted octanol–water partition coefficient (Wildman–Crippen LogP) is 0.936. The van der Waals surface area contributed by atoms with Crippen LogP contribution in [0.15, 0.2) is 24.3 Å². The molecule has 7 nitrogen and oxygen atoms in total. The van der Waals surface area contributed by atoms with E-state index in [4.69, 9.17) is 39.5 Å². The van der Waals surface area contributed by atoms with Crippen LogP contribution in [0.4, 0.5) is 5.69 Å². The summed E-state index contributed by atoms with van der Waals surface area (Å²) < 4.78 is 3.57. The van der Waals surface area contributed by atoms with Gasteiger partial charge in [-0.25, -0.2) is 0 Å². The van der Waals surface area contributed by atoms with E-state index < -0.39 is 20.8 Å². The molecule has 0 saturated carbocycles. The van der Waals surface area contributed by atoms with Crippen LogP contribution >= 0.6 is 34.8 Å². The zero-order valence-corrected chi connectivity index (χ0v) is 14.2. The number of nitrogens with one attached hydrogen (secondary N) is 2. The first-order chi connectivity index (χ1) is 10.8. The number of halogens is 3. The Bertz CT molecular complexity index is 571. The van der Waals surface area contributed by atoms with Crippen LogP contribution in [0.2, 0.25) is 0 Å². The van der Waals surface area contributed by atoms with E-state index in [2.05, 4.69) is 5.32 Å². The first kappa shape index (κ1) is 18.2. The largest absolute Gasteiger partial charge is 0.370 e. The maximum atomic E-state index is 12.3. The topological polar surface area (TPSA) is 85.9 Å². The van der Waals surface area contributed by atoms with Crippen LogP contribution in [-0.2, 0) is 4.74 Å². The Labute approximate surface area is 147 Å². The summed E-state index contributed by atoms with van der Waals surface area (Å²) in [6.07, 6.45) is -0.751. The molecule has 1 fully saturated rings. The van der Waals surface area contributed by atoms with Gasteiger partial charge in [0.05, 0.1) is 18.1 Å². The molecule has 126 valence electrons. The molecule has 1 aromatic rings. The number of rotatable bonds is 4. The van der Waals surface area contributed by atoms with Crippen LogP contribution in [0.5, 0.6) is 0 Å². The van der Waals surface area contributed by atoms with Crippen LogP contribution < -0.4 is 10.2 Å². The van der Waals surface area contributed by atoms with Crippen molar-refractivity contribution in [2.75, 3.05) is 26.3 Å². The van der Waals surface area contributed by atoms with Gasteiger partial charge in [0.15, 0.2) is 0 Å². The molecule has 1 atom stereocenters. The summed E-state index contributed by atoms with van der Waals surface area (Å²) in [6, 6.07) is 5.22. The van der Waals surface area contributed by atoms with Gasteiger partial charge in [-0.3, -0.25) is 20.2 Å². The lowest BCUT2D eigenvalue weighted by Crippen LogP contribution is -3.21. The second-order valence-corrected chi connectivity index (χ2v) is 7.39. The second-order valence-electron chi connectivity index (χ2n) is 5.02. The smallest absolute Gasteiger partial charge is 0.269 e. The number of ether oxygens (including phenoxy) is 1. The fourth-order valence-electron chi connectivity index (χ4n) is 2.29. The molecule has 1 aliphatic heterocycles. The SMILES string of the molecule is O=C(N[C@H]([NH+]1CCOCC1)C(Cl)(Cl)Cl)c1ccc([N+](=O)[O-])cc1. The normalized spacial score (nSPS) is 17.5. The van der Waals surface area contributed by atoms with Crippen molar-refractivity contribution in [3.05, 3.63) is 39.9 Å². The van der Waals surface area contributed by atoms with Crippen molar-refractivity contribution in [2.24, 2.45) is 0 Å². The van der Waals surface area contributed by atoms with Crippen molar-refractivity contribution in [2.45, 2.75) is 9.96 Å². The zero-order valence-electron chi connectivity index (χ0n) is 11.9. The molecule has 1 amide bonds. The number of morpholine rings is 1. The molecule has 0 radical (unpaired) electrons. The van der Waals surface area contributed by atoms with Crippen LogP contribution in [0, 0.1) is 10.1 Å². The van der Waals surface area contributed by atoms with Crippen LogP contribution in [0.3, 0.4) is 0 Å². The van der Waals surface area contributed by atoms with Gasteiger partial charge in [-0.15, -0.1) is 0 Å². The number of amides is 1. The Morgan fingerprint density at radius 1 is 1.26 bits per heavy atom. The third kappa shape index (κ3) is 4.92. The Morgan fingerprint density at radius 2 is 1.83 bits per heavy atom. The van der Waals surface area contributed by atoms with E-state index >= 15 is 0 Å². The Kier molecular flexibility index (Phi) is 6.05. The van der Waals surface area contributed by atoms with Crippen molar-refractivity contribution in [1.29, 1.82) is 0 Å². The Morgan fingerprint density at radius 3 is 2.30 bits per heavy atom. The maximum absolute atomic E-state index is 12.3. The lowest BCUT2D eigenvalue weighted by Gasteiger charge is -2.35. The van der Waals surface area contributed by atoms with E-state index in [0.717, 1.165) is 4.90 Å². The molecule has 0 unspecified atom stereocenters. The van der Waals surface area contributed by atoms with Gasteiger partial charge in [-0.2, -0.15) is 0 Å². The molecule has 23 heavy (non-hydrogen) atoms. The number of hydrogen-bond donors (Lipinski definition) is 2. The van der Waals surface area contributed by atoms with Crippen molar-refractivity contribution >= 4 is 46.4 Å². The number of nitro benzene ring substituents is 1. The number of non-ortho nitro benzene ring substituents is 1. The van der Waals surface area contributed by atoms with E-state index in [0.29, 0.717) is 26.3 Å². The molecular weight excluding hydrogens is 369 g/mol. The third-order valence-corrected chi connectivity index (χ3v) is 4.14. The summed E-state index contributed by atoms with van der Waals surface area (Å²) in [7, 11) is 0. The maximum Gasteiger partial charge on any atom is 0.269 e. The van der Waals surface area contributed by atoms with Crippen molar-refractivity contribution in [1.82, 2.24) is 5.32 Å². The summed E-state index contributed by atoms with van der Waals surface area (Å²) in [4.78, 5) is 23.3. The summed E-state index contributed by atoms with van der Waals surface area (Å²) in [6.45, 7) is 2.22. The first-order valence-corrected chi connectivity index (χ1v) is 7.97. The number of carbonyl (C=O) groups is 1. The number of quaternary nitrogens is 1. The fraction of sp³-hybridized carbons (Fsp3) is 0.462. The van der Waals surface area contributed by atoms with Crippen LogP contribution in [0.1, 0.15) is 10.4 Å². The minimum absolute atomic E-state index is 0.0988. The highest BCUT2D eigenvalue weighted by molar-refractivity contribution is 6.68. The van der Waals surface area contributed by atoms with Crippen molar-refractivity contribution < 1.29 is 19.4 Å². The standard InChI is InChI=1S/C13H14Cl3N3O4/c14-13(15,16)12(18-5-7-23-8-6-18)17-11(20)9-1-3-10(4-2-9)19(21)22/h1-4,12H,5-8H2,(H,17,20)/p+1/t12-/m1/s1. The molecular formula is C13H15Cl3N3O4+. The van der Waals surface area contributed by atoms with Gasteiger partial charge in [0.2, 0.25) is 6.17 Å². The molecule has 10 heteroatoms. The summed E-state index contributed by atoms with van der Waals surface area (Å²) in [5, 5.41) is 13.3. The van der Waals surface area contributed by atoms with E-state index in [1.165, 1.54) is 24.3 Å². The number of alkyl halides is 3. The predicted molar refractivity (Wildman–Crippen MR) is 86.2 cm³/mol. The van der Waals surface area contributed by atoms with Crippen molar-refractivity contribution in [3.8, 4) is 0 Å². The summed E-state index contributed by atoms with van der Waals surface area (Å²) in [5.74, 6) is -0.463. The van der Waals surface area contributed by atoms with Gasteiger partial charge in [-0.05, 0) is 12.1 Å². The zero-order chi connectivity index (χ0) is 17.0. The fourth-order valence-corrected chi connectivity index (χ4v) is 2.91.